The maximum atomic E-state index is 13.1. The molecule has 0 saturated heterocycles. The van der Waals surface area contributed by atoms with Crippen LogP contribution < -0.4 is 10.6 Å². The van der Waals surface area contributed by atoms with Crippen molar-refractivity contribution in [1.82, 2.24) is 15.0 Å². The molecular formula is C17H14F3N5. The number of para-hydroxylation sites is 1. The van der Waals surface area contributed by atoms with E-state index in [-0.39, 0.29) is 17.5 Å². The molecule has 1 aromatic carbocycles. The monoisotopic (exact) mass is 345 g/mol. The second kappa shape index (κ2) is 6.76. The molecule has 0 amide bonds. The van der Waals surface area contributed by atoms with Crippen molar-refractivity contribution < 1.29 is 13.2 Å². The second-order valence-electron chi connectivity index (χ2n) is 5.10. The Balaban J connectivity index is 2.02. The van der Waals surface area contributed by atoms with Crippen molar-refractivity contribution in [3.8, 4) is 11.4 Å². The molecule has 3 rings (SSSR count). The van der Waals surface area contributed by atoms with Gasteiger partial charge in [-0.05, 0) is 24.3 Å². The molecule has 0 aliphatic rings. The van der Waals surface area contributed by atoms with Crippen molar-refractivity contribution in [1.29, 1.82) is 0 Å². The van der Waals surface area contributed by atoms with Gasteiger partial charge < -0.3 is 10.6 Å². The number of hydrogen-bond donors (Lipinski definition) is 2. The summed E-state index contributed by atoms with van der Waals surface area (Å²) in [5.74, 6) is 0.506. The predicted octanol–water partition coefficient (Wildman–Crippen LogP) is 4.34. The van der Waals surface area contributed by atoms with Crippen molar-refractivity contribution in [3.63, 3.8) is 0 Å². The summed E-state index contributed by atoms with van der Waals surface area (Å²) < 4.78 is 39.4. The highest BCUT2D eigenvalue weighted by atomic mass is 19.4. The van der Waals surface area contributed by atoms with Gasteiger partial charge in [0.1, 0.15) is 5.82 Å². The van der Waals surface area contributed by atoms with E-state index in [2.05, 4.69) is 25.6 Å². The third-order valence-electron chi connectivity index (χ3n) is 3.37. The van der Waals surface area contributed by atoms with Crippen LogP contribution in [0, 0.1) is 0 Å². The summed E-state index contributed by atoms with van der Waals surface area (Å²) in [6.07, 6.45) is -2.85. The number of hydrogen-bond acceptors (Lipinski definition) is 5. The van der Waals surface area contributed by atoms with Gasteiger partial charge in [-0.3, -0.25) is 4.98 Å². The number of anilines is 3. The molecule has 25 heavy (non-hydrogen) atoms. The van der Waals surface area contributed by atoms with Crippen molar-refractivity contribution in [2.75, 3.05) is 17.7 Å². The maximum Gasteiger partial charge on any atom is 0.418 e. The largest absolute Gasteiger partial charge is 0.418 e. The Morgan fingerprint density at radius 1 is 0.920 bits per heavy atom. The Bertz CT molecular complexity index is 866. The summed E-state index contributed by atoms with van der Waals surface area (Å²) in [4.78, 5) is 12.7. The number of halogens is 3. The van der Waals surface area contributed by atoms with E-state index in [0.29, 0.717) is 11.4 Å². The smallest absolute Gasteiger partial charge is 0.357 e. The molecule has 0 atom stereocenters. The van der Waals surface area contributed by atoms with Gasteiger partial charge >= 0.3 is 6.18 Å². The van der Waals surface area contributed by atoms with E-state index in [4.69, 9.17) is 0 Å². The average molecular weight is 345 g/mol. The first-order valence-corrected chi connectivity index (χ1v) is 7.39. The molecule has 2 N–H and O–H groups in total. The van der Waals surface area contributed by atoms with Crippen LogP contribution in [0.15, 0.2) is 54.7 Å². The van der Waals surface area contributed by atoms with E-state index >= 15 is 0 Å². The zero-order valence-electron chi connectivity index (χ0n) is 13.2. The first kappa shape index (κ1) is 16.7. The lowest BCUT2D eigenvalue weighted by Gasteiger charge is -2.15. The van der Waals surface area contributed by atoms with E-state index in [0.717, 1.165) is 6.07 Å². The van der Waals surface area contributed by atoms with Gasteiger partial charge in [-0.2, -0.15) is 18.2 Å². The van der Waals surface area contributed by atoms with Gasteiger partial charge in [0.05, 0.1) is 22.6 Å². The molecule has 0 radical (unpaired) electrons. The minimum Gasteiger partial charge on any atom is -0.357 e. The van der Waals surface area contributed by atoms with Crippen LogP contribution in [-0.4, -0.2) is 22.0 Å². The molecule has 2 heterocycles. The number of alkyl halides is 3. The van der Waals surface area contributed by atoms with Gasteiger partial charge in [0.2, 0.25) is 5.95 Å². The van der Waals surface area contributed by atoms with Gasteiger partial charge in [0, 0.05) is 19.3 Å². The summed E-state index contributed by atoms with van der Waals surface area (Å²) in [6.45, 7) is 0. The Hall–Kier alpha value is -3.16. The Kier molecular flexibility index (Phi) is 4.51. The number of rotatable bonds is 4. The van der Waals surface area contributed by atoms with E-state index in [1.807, 2.05) is 0 Å². The molecule has 0 spiro atoms. The maximum absolute atomic E-state index is 13.1. The summed E-state index contributed by atoms with van der Waals surface area (Å²) in [6, 6.07) is 12.1. The average Bonchev–Trinajstić information content (AvgIpc) is 2.61. The number of pyridine rings is 1. The number of aromatic nitrogens is 3. The summed E-state index contributed by atoms with van der Waals surface area (Å²) in [5, 5.41) is 5.52. The molecule has 0 aliphatic heterocycles. The highest BCUT2D eigenvalue weighted by Crippen LogP contribution is 2.36. The van der Waals surface area contributed by atoms with Crippen LogP contribution in [0.1, 0.15) is 5.56 Å². The minimum atomic E-state index is -4.47. The Labute approximate surface area is 142 Å². The molecule has 3 aromatic rings. The van der Waals surface area contributed by atoms with Crippen LogP contribution in [0.25, 0.3) is 11.4 Å². The van der Waals surface area contributed by atoms with Gasteiger partial charge in [0.25, 0.3) is 0 Å². The number of nitrogens with one attached hydrogen (secondary N) is 2. The van der Waals surface area contributed by atoms with E-state index in [9.17, 15) is 13.2 Å². The Morgan fingerprint density at radius 2 is 1.68 bits per heavy atom. The van der Waals surface area contributed by atoms with Crippen molar-refractivity contribution in [3.05, 3.63) is 60.3 Å². The fraction of sp³-hybridized carbons (Fsp3) is 0.118. The van der Waals surface area contributed by atoms with E-state index in [1.165, 1.54) is 18.2 Å². The van der Waals surface area contributed by atoms with Crippen LogP contribution in [0.5, 0.6) is 0 Å². The summed E-state index contributed by atoms with van der Waals surface area (Å²) >= 11 is 0. The van der Waals surface area contributed by atoms with Crippen molar-refractivity contribution in [2.24, 2.45) is 0 Å². The second-order valence-corrected chi connectivity index (χ2v) is 5.10. The fourth-order valence-electron chi connectivity index (χ4n) is 2.25. The molecule has 128 valence electrons. The van der Waals surface area contributed by atoms with Crippen molar-refractivity contribution >= 4 is 17.5 Å². The number of nitrogens with zero attached hydrogens (tertiary/aromatic N) is 3. The van der Waals surface area contributed by atoms with Gasteiger partial charge in [-0.15, -0.1) is 0 Å². The van der Waals surface area contributed by atoms with Crippen LogP contribution in [0.4, 0.5) is 30.6 Å². The molecule has 0 fully saturated rings. The zero-order valence-corrected chi connectivity index (χ0v) is 13.2. The molecule has 0 bridgehead atoms. The molecular weight excluding hydrogens is 331 g/mol. The first-order chi connectivity index (χ1) is 12.0. The number of benzene rings is 1. The lowest BCUT2D eigenvalue weighted by molar-refractivity contribution is -0.136. The standard InChI is InChI=1S/C17H14F3N5/c1-21-16-24-14(13-8-4-5-9-22-13)10-15(25-16)23-12-7-3-2-6-11(12)17(18,19)20/h2-10H,1H3,(H2,21,23,24,25). The van der Waals surface area contributed by atoms with Gasteiger partial charge in [-0.25, -0.2) is 4.98 Å². The molecule has 8 heteroatoms. The molecule has 5 nitrogen and oxygen atoms in total. The summed E-state index contributed by atoms with van der Waals surface area (Å²) in [5.41, 5.74) is 0.238. The van der Waals surface area contributed by atoms with Gasteiger partial charge in [-0.1, -0.05) is 18.2 Å². The quantitative estimate of drug-likeness (QED) is 0.736. The van der Waals surface area contributed by atoms with Crippen molar-refractivity contribution in [2.45, 2.75) is 6.18 Å². The van der Waals surface area contributed by atoms with E-state index in [1.54, 1.807) is 37.5 Å². The minimum absolute atomic E-state index is 0.0808. The highest BCUT2D eigenvalue weighted by Gasteiger charge is 2.33. The lowest BCUT2D eigenvalue weighted by atomic mass is 10.1. The molecule has 0 aliphatic carbocycles. The third kappa shape index (κ3) is 3.85. The topological polar surface area (TPSA) is 62.7 Å². The molecule has 0 saturated carbocycles. The highest BCUT2D eigenvalue weighted by molar-refractivity contribution is 5.67. The third-order valence-corrected chi connectivity index (χ3v) is 3.37. The van der Waals surface area contributed by atoms with E-state index < -0.39 is 11.7 Å². The van der Waals surface area contributed by atoms with Crippen LogP contribution in [-0.2, 0) is 6.18 Å². The molecule has 2 aromatic heterocycles. The zero-order chi connectivity index (χ0) is 17.9. The fourth-order valence-corrected chi connectivity index (χ4v) is 2.25. The first-order valence-electron chi connectivity index (χ1n) is 7.39. The van der Waals surface area contributed by atoms with Crippen LogP contribution in [0.3, 0.4) is 0 Å². The van der Waals surface area contributed by atoms with Crippen LogP contribution in [0.2, 0.25) is 0 Å². The summed E-state index contributed by atoms with van der Waals surface area (Å²) in [7, 11) is 1.63. The SMILES string of the molecule is CNc1nc(Nc2ccccc2C(F)(F)F)cc(-c2ccccn2)n1. The lowest BCUT2D eigenvalue weighted by Crippen LogP contribution is -2.09. The normalized spacial score (nSPS) is 11.2. The van der Waals surface area contributed by atoms with Gasteiger partial charge in [0.15, 0.2) is 0 Å². The van der Waals surface area contributed by atoms with Crippen LogP contribution >= 0.6 is 0 Å². The predicted molar refractivity (Wildman–Crippen MR) is 89.5 cm³/mol. The Morgan fingerprint density at radius 3 is 2.36 bits per heavy atom. The molecule has 0 unspecified atom stereocenters.